The third-order valence-corrected chi connectivity index (χ3v) is 6.70. The number of rotatable bonds is 5. The van der Waals surface area contributed by atoms with Crippen LogP contribution in [0.3, 0.4) is 0 Å². The molecule has 2 amide bonds. The summed E-state index contributed by atoms with van der Waals surface area (Å²) in [7, 11) is 2.03. The number of nitrogens with zero attached hydrogens (tertiary/aromatic N) is 2. The molecule has 3 aliphatic rings. The van der Waals surface area contributed by atoms with Gasteiger partial charge in [0, 0.05) is 25.7 Å². The van der Waals surface area contributed by atoms with E-state index in [2.05, 4.69) is 10.2 Å². The maximum absolute atomic E-state index is 14.3. The minimum atomic E-state index is -0.717. The molecule has 6 heteroatoms. The van der Waals surface area contributed by atoms with E-state index in [0.29, 0.717) is 25.1 Å². The summed E-state index contributed by atoms with van der Waals surface area (Å²) in [5, 5.41) is 3.19. The fraction of sp³-hybridized carbons (Fsp3) is 0.636. The third kappa shape index (κ3) is 3.79. The largest absolute Gasteiger partial charge is 0.353 e. The Balaban J connectivity index is 1.47. The zero-order valence-electron chi connectivity index (χ0n) is 16.6. The second kappa shape index (κ2) is 7.82. The first-order valence-electron chi connectivity index (χ1n) is 10.5. The summed E-state index contributed by atoms with van der Waals surface area (Å²) in [5.41, 5.74) is -0.165. The van der Waals surface area contributed by atoms with Gasteiger partial charge in [-0.25, -0.2) is 4.39 Å². The van der Waals surface area contributed by atoms with E-state index in [-0.39, 0.29) is 29.6 Å². The smallest absolute Gasteiger partial charge is 0.230 e. The van der Waals surface area contributed by atoms with Gasteiger partial charge < -0.3 is 15.1 Å². The van der Waals surface area contributed by atoms with Gasteiger partial charge in [0.2, 0.25) is 11.8 Å². The summed E-state index contributed by atoms with van der Waals surface area (Å²) in [5.74, 6) is -0.135. The highest BCUT2D eigenvalue weighted by Crippen LogP contribution is 2.37. The van der Waals surface area contributed by atoms with Crippen molar-refractivity contribution in [3.63, 3.8) is 0 Å². The van der Waals surface area contributed by atoms with Gasteiger partial charge in [0.25, 0.3) is 0 Å². The number of hydrogen-bond acceptors (Lipinski definition) is 3. The van der Waals surface area contributed by atoms with Crippen LogP contribution in [0.1, 0.15) is 37.7 Å². The number of halogens is 1. The molecule has 4 rings (SSSR count). The predicted octanol–water partition coefficient (Wildman–Crippen LogP) is 2.21. The van der Waals surface area contributed by atoms with Gasteiger partial charge >= 0.3 is 0 Å². The Morgan fingerprint density at radius 2 is 1.89 bits per heavy atom. The number of carbonyl (C=O) groups is 2. The number of hydrogen-bond donors (Lipinski definition) is 1. The van der Waals surface area contributed by atoms with E-state index in [1.165, 1.54) is 6.07 Å². The molecule has 2 aliphatic heterocycles. The lowest BCUT2D eigenvalue weighted by atomic mass is 9.73. The van der Waals surface area contributed by atoms with Gasteiger partial charge in [0.1, 0.15) is 5.82 Å². The number of carbonyl (C=O) groups excluding carboxylic acids is 2. The first-order chi connectivity index (χ1) is 13.5. The molecular weight excluding hydrogens is 357 g/mol. The Kier molecular flexibility index (Phi) is 5.41. The van der Waals surface area contributed by atoms with Crippen molar-refractivity contribution in [2.24, 2.45) is 11.3 Å². The van der Waals surface area contributed by atoms with Crippen molar-refractivity contribution >= 4 is 11.8 Å². The summed E-state index contributed by atoms with van der Waals surface area (Å²) in [4.78, 5) is 30.0. The molecule has 1 unspecified atom stereocenters. The Hall–Kier alpha value is -1.95. The highest BCUT2D eigenvalue weighted by molar-refractivity contribution is 5.89. The van der Waals surface area contributed by atoms with Gasteiger partial charge in [0.15, 0.2) is 0 Å². The Morgan fingerprint density at radius 3 is 2.54 bits per heavy atom. The van der Waals surface area contributed by atoms with Crippen LogP contribution in [-0.4, -0.2) is 60.9 Å². The summed E-state index contributed by atoms with van der Waals surface area (Å²) in [6, 6.07) is 6.87. The van der Waals surface area contributed by atoms with E-state index in [4.69, 9.17) is 0 Å². The average Bonchev–Trinajstić information content (AvgIpc) is 3.30. The van der Waals surface area contributed by atoms with E-state index >= 15 is 0 Å². The van der Waals surface area contributed by atoms with Crippen molar-refractivity contribution in [2.75, 3.05) is 33.2 Å². The molecule has 3 fully saturated rings. The molecule has 5 nitrogen and oxygen atoms in total. The molecule has 0 bridgehead atoms. The molecule has 2 heterocycles. The van der Waals surface area contributed by atoms with Crippen molar-refractivity contribution in [1.29, 1.82) is 0 Å². The number of amides is 2. The normalized spacial score (nSPS) is 24.9. The number of likely N-dealkylation sites (tertiary alicyclic amines) is 2. The van der Waals surface area contributed by atoms with Crippen LogP contribution in [-0.2, 0) is 16.0 Å². The second-order valence-corrected chi connectivity index (χ2v) is 8.95. The maximum Gasteiger partial charge on any atom is 0.230 e. The number of nitrogens with one attached hydrogen (secondary N) is 1. The minimum Gasteiger partial charge on any atom is -0.353 e. The molecule has 1 N–H and O–H groups in total. The first kappa shape index (κ1) is 19.4. The van der Waals surface area contributed by atoms with Crippen molar-refractivity contribution in [1.82, 2.24) is 15.1 Å². The molecular formula is C22H30FN3O2. The van der Waals surface area contributed by atoms with E-state index in [1.54, 1.807) is 23.1 Å². The topological polar surface area (TPSA) is 52.7 Å². The van der Waals surface area contributed by atoms with Crippen LogP contribution in [0.15, 0.2) is 24.3 Å². The molecule has 0 radical (unpaired) electrons. The van der Waals surface area contributed by atoms with Crippen LogP contribution in [0.5, 0.6) is 0 Å². The molecule has 0 aromatic heterocycles. The van der Waals surface area contributed by atoms with Crippen molar-refractivity contribution < 1.29 is 14.0 Å². The summed E-state index contributed by atoms with van der Waals surface area (Å²) in [6.07, 6.45) is 5.53. The molecule has 28 heavy (non-hydrogen) atoms. The Labute approximate surface area is 166 Å². The molecule has 1 aromatic rings. The second-order valence-electron chi connectivity index (χ2n) is 8.95. The molecule has 152 valence electrons. The van der Waals surface area contributed by atoms with E-state index in [1.807, 2.05) is 7.05 Å². The average molecular weight is 387 g/mol. The molecule has 1 aliphatic carbocycles. The van der Waals surface area contributed by atoms with Crippen LogP contribution >= 0.6 is 0 Å². The minimum absolute atomic E-state index is 0.0183. The monoisotopic (exact) mass is 387 g/mol. The van der Waals surface area contributed by atoms with Crippen LogP contribution in [0.4, 0.5) is 4.39 Å². The van der Waals surface area contributed by atoms with Crippen LogP contribution in [0.25, 0.3) is 0 Å². The molecule has 0 spiro atoms. The van der Waals surface area contributed by atoms with Gasteiger partial charge in [-0.05, 0) is 50.9 Å². The zero-order valence-corrected chi connectivity index (χ0v) is 16.6. The van der Waals surface area contributed by atoms with Gasteiger partial charge in [-0.2, -0.15) is 0 Å². The van der Waals surface area contributed by atoms with Crippen molar-refractivity contribution in [3.05, 3.63) is 35.6 Å². The van der Waals surface area contributed by atoms with Gasteiger partial charge in [-0.1, -0.05) is 31.0 Å². The van der Waals surface area contributed by atoms with E-state index < -0.39 is 5.41 Å². The van der Waals surface area contributed by atoms with Crippen LogP contribution in [0.2, 0.25) is 0 Å². The Morgan fingerprint density at radius 1 is 1.18 bits per heavy atom. The third-order valence-electron chi connectivity index (χ3n) is 6.70. The lowest BCUT2D eigenvalue weighted by Gasteiger charge is -2.50. The quantitative estimate of drug-likeness (QED) is 0.843. The lowest BCUT2D eigenvalue weighted by Crippen LogP contribution is -2.67. The summed E-state index contributed by atoms with van der Waals surface area (Å²) < 4.78 is 14.3. The summed E-state index contributed by atoms with van der Waals surface area (Å²) in [6.45, 7) is 2.49. The molecule has 1 saturated carbocycles. The SMILES string of the molecule is CN1CCC(C(=O)N2CC(Cc3ccccc3F)(C(=O)NC3CCCC3)C2)C1. The highest BCUT2D eigenvalue weighted by atomic mass is 19.1. The molecule has 2 saturated heterocycles. The fourth-order valence-corrected chi connectivity index (χ4v) is 4.99. The van der Waals surface area contributed by atoms with Crippen molar-refractivity contribution in [3.8, 4) is 0 Å². The maximum atomic E-state index is 14.3. The van der Waals surface area contributed by atoms with Gasteiger partial charge in [-0.3, -0.25) is 9.59 Å². The fourth-order valence-electron chi connectivity index (χ4n) is 4.99. The highest BCUT2D eigenvalue weighted by Gasteiger charge is 2.52. The van der Waals surface area contributed by atoms with E-state index in [0.717, 1.165) is 45.2 Å². The van der Waals surface area contributed by atoms with E-state index in [9.17, 15) is 14.0 Å². The molecule has 1 atom stereocenters. The first-order valence-corrected chi connectivity index (χ1v) is 10.5. The number of benzene rings is 1. The standard InChI is InChI=1S/C22H30FN3O2/c1-25-11-10-17(13-25)20(27)26-14-22(15-26,12-16-6-2-5-9-19(16)23)21(28)24-18-7-3-4-8-18/h2,5-6,9,17-18H,3-4,7-8,10-15H2,1H3,(H,24,28). The van der Waals surface area contributed by atoms with Crippen LogP contribution < -0.4 is 5.32 Å². The van der Waals surface area contributed by atoms with Crippen LogP contribution in [0, 0.1) is 17.2 Å². The van der Waals surface area contributed by atoms with Crippen molar-refractivity contribution in [2.45, 2.75) is 44.6 Å². The molecule has 1 aromatic carbocycles. The van der Waals surface area contributed by atoms with Gasteiger partial charge in [-0.15, -0.1) is 0 Å². The Bertz CT molecular complexity index is 741. The predicted molar refractivity (Wildman–Crippen MR) is 105 cm³/mol. The zero-order chi connectivity index (χ0) is 19.7. The van der Waals surface area contributed by atoms with Gasteiger partial charge in [0.05, 0.1) is 11.3 Å². The lowest BCUT2D eigenvalue weighted by molar-refractivity contribution is -0.156. The summed E-state index contributed by atoms with van der Waals surface area (Å²) >= 11 is 0.